The Labute approximate surface area is 173 Å². The number of rotatable bonds is 6. The van der Waals surface area contributed by atoms with Crippen molar-refractivity contribution in [1.29, 1.82) is 0 Å². The second-order valence-electron chi connectivity index (χ2n) is 8.68. The maximum absolute atomic E-state index is 13.0. The van der Waals surface area contributed by atoms with Gasteiger partial charge in [0, 0.05) is 30.6 Å². The van der Waals surface area contributed by atoms with Gasteiger partial charge in [-0.25, -0.2) is 0 Å². The molecule has 1 N–H and O–H groups in total. The number of benzene rings is 2. The van der Waals surface area contributed by atoms with Crippen molar-refractivity contribution in [2.24, 2.45) is 5.41 Å². The maximum atomic E-state index is 13.0. The summed E-state index contributed by atoms with van der Waals surface area (Å²) in [5.41, 5.74) is 3.10. The monoisotopic (exact) mass is 394 g/mol. The van der Waals surface area contributed by atoms with Gasteiger partial charge in [-0.05, 0) is 35.6 Å². The Kier molecular flexibility index (Phi) is 5.26. The normalized spacial score (nSPS) is 22.8. The Morgan fingerprint density at radius 3 is 2.45 bits per heavy atom. The Balaban J connectivity index is 1.51. The Morgan fingerprint density at radius 1 is 1.14 bits per heavy atom. The van der Waals surface area contributed by atoms with E-state index in [-0.39, 0.29) is 16.7 Å². The fourth-order valence-corrected chi connectivity index (χ4v) is 4.58. The van der Waals surface area contributed by atoms with Crippen LogP contribution in [0.3, 0.4) is 0 Å². The van der Waals surface area contributed by atoms with E-state index >= 15 is 0 Å². The van der Waals surface area contributed by atoms with Crippen molar-refractivity contribution in [3.63, 3.8) is 0 Å². The van der Waals surface area contributed by atoms with Crippen LogP contribution in [0.4, 0.5) is 5.69 Å². The number of nitrogens with one attached hydrogen (secondary N) is 1. The van der Waals surface area contributed by atoms with Crippen LogP contribution in [0.25, 0.3) is 0 Å². The first-order chi connectivity index (χ1) is 14.0. The molecule has 2 aliphatic rings. The minimum atomic E-state index is -0.0415. The third kappa shape index (κ3) is 3.71. The molecular formula is C24H30N2O3. The lowest BCUT2D eigenvalue weighted by atomic mass is 9.87. The van der Waals surface area contributed by atoms with Crippen molar-refractivity contribution in [1.82, 2.24) is 5.32 Å². The summed E-state index contributed by atoms with van der Waals surface area (Å²) in [7, 11) is 1.66. The van der Waals surface area contributed by atoms with E-state index in [1.54, 1.807) is 7.11 Å². The molecule has 1 saturated heterocycles. The lowest BCUT2D eigenvalue weighted by Gasteiger charge is -2.30. The van der Waals surface area contributed by atoms with Gasteiger partial charge >= 0.3 is 0 Å². The van der Waals surface area contributed by atoms with Crippen LogP contribution in [0.5, 0.6) is 5.75 Å². The molecule has 1 heterocycles. The van der Waals surface area contributed by atoms with Crippen LogP contribution in [0, 0.1) is 5.41 Å². The molecule has 29 heavy (non-hydrogen) atoms. The highest BCUT2D eigenvalue weighted by atomic mass is 16.5. The van der Waals surface area contributed by atoms with Crippen LogP contribution in [0.15, 0.2) is 48.5 Å². The number of carbonyl (C=O) groups excluding carboxylic acids is 1. The van der Waals surface area contributed by atoms with Gasteiger partial charge in [0.1, 0.15) is 5.75 Å². The SMILES string of the molecule is COc1ccc(C(=O)NC[C@@]2(c3ccccc3)CC2(C)C)cc1N1CCOCC1. The molecule has 1 saturated carbocycles. The highest BCUT2D eigenvalue weighted by molar-refractivity contribution is 5.95. The third-order valence-electron chi connectivity index (χ3n) is 6.58. The van der Waals surface area contributed by atoms with Crippen LogP contribution in [0.1, 0.15) is 36.2 Å². The molecule has 2 aromatic rings. The van der Waals surface area contributed by atoms with E-state index < -0.39 is 0 Å². The predicted octanol–water partition coefficient (Wildman–Crippen LogP) is 3.63. The van der Waals surface area contributed by atoms with Gasteiger partial charge in [-0.3, -0.25) is 4.79 Å². The summed E-state index contributed by atoms with van der Waals surface area (Å²) in [6.45, 7) is 8.16. The van der Waals surface area contributed by atoms with Gasteiger partial charge in [0.25, 0.3) is 5.91 Å². The highest BCUT2D eigenvalue weighted by Crippen LogP contribution is 2.63. The summed E-state index contributed by atoms with van der Waals surface area (Å²) in [6.07, 6.45) is 1.08. The van der Waals surface area contributed by atoms with Crippen molar-refractivity contribution in [3.05, 3.63) is 59.7 Å². The molecule has 1 amide bonds. The molecule has 5 nitrogen and oxygen atoms in total. The molecule has 154 valence electrons. The van der Waals surface area contributed by atoms with Gasteiger partial charge in [0.2, 0.25) is 0 Å². The second-order valence-corrected chi connectivity index (χ2v) is 8.68. The number of hydrogen-bond donors (Lipinski definition) is 1. The van der Waals surface area contributed by atoms with Crippen LogP contribution in [0.2, 0.25) is 0 Å². The molecule has 5 heteroatoms. The maximum Gasteiger partial charge on any atom is 0.251 e. The summed E-state index contributed by atoms with van der Waals surface area (Å²) in [5.74, 6) is 0.743. The number of morpholine rings is 1. The van der Waals surface area contributed by atoms with Crippen LogP contribution < -0.4 is 15.0 Å². The smallest absolute Gasteiger partial charge is 0.251 e. The minimum Gasteiger partial charge on any atom is -0.495 e. The van der Waals surface area contributed by atoms with Crippen molar-refractivity contribution < 1.29 is 14.3 Å². The summed E-state index contributed by atoms with van der Waals surface area (Å²) >= 11 is 0. The fourth-order valence-electron chi connectivity index (χ4n) is 4.58. The molecule has 0 aromatic heterocycles. The zero-order chi connectivity index (χ0) is 20.5. The summed E-state index contributed by atoms with van der Waals surface area (Å²) < 4.78 is 11.0. The molecule has 1 atom stereocenters. The van der Waals surface area contributed by atoms with Crippen LogP contribution in [-0.4, -0.2) is 45.9 Å². The number of nitrogens with zero attached hydrogens (tertiary/aromatic N) is 1. The number of carbonyl (C=O) groups is 1. The Bertz CT molecular complexity index is 875. The topological polar surface area (TPSA) is 50.8 Å². The molecule has 1 aliphatic heterocycles. The number of amides is 1. The standard InChI is InChI=1S/C24H30N2O3/c1-23(2)16-24(23,19-7-5-4-6-8-19)17-25-22(27)18-9-10-21(28-3)20(15-18)26-11-13-29-14-12-26/h4-10,15H,11-14,16-17H2,1-3H3,(H,25,27)/t24-/m1/s1. The molecule has 0 spiro atoms. The molecule has 1 aliphatic carbocycles. The first-order valence-corrected chi connectivity index (χ1v) is 10.3. The lowest BCUT2D eigenvalue weighted by Crippen LogP contribution is -2.37. The van der Waals surface area contributed by atoms with Crippen LogP contribution >= 0.6 is 0 Å². The van der Waals surface area contributed by atoms with Gasteiger partial charge in [0.15, 0.2) is 0 Å². The van der Waals surface area contributed by atoms with E-state index in [1.165, 1.54) is 5.56 Å². The molecule has 2 aromatic carbocycles. The lowest BCUT2D eigenvalue weighted by molar-refractivity contribution is 0.0948. The quantitative estimate of drug-likeness (QED) is 0.813. The van der Waals surface area contributed by atoms with Gasteiger partial charge < -0.3 is 19.7 Å². The van der Waals surface area contributed by atoms with E-state index in [1.807, 2.05) is 24.3 Å². The number of anilines is 1. The number of hydrogen-bond acceptors (Lipinski definition) is 4. The molecule has 2 fully saturated rings. The number of ether oxygens (including phenoxy) is 2. The minimum absolute atomic E-state index is 0.00340. The van der Waals surface area contributed by atoms with Crippen molar-refractivity contribution >= 4 is 11.6 Å². The van der Waals surface area contributed by atoms with Crippen molar-refractivity contribution in [2.75, 3.05) is 44.9 Å². The molecule has 0 bridgehead atoms. The predicted molar refractivity (Wildman–Crippen MR) is 115 cm³/mol. The second kappa shape index (κ2) is 7.71. The highest BCUT2D eigenvalue weighted by Gasteiger charge is 2.61. The van der Waals surface area contributed by atoms with Crippen LogP contribution in [-0.2, 0) is 10.2 Å². The Morgan fingerprint density at radius 2 is 1.83 bits per heavy atom. The average Bonchev–Trinajstić information content (AvgIpc) is 3.34. The zero-order valence-corrected chi connectivity index (χ0v) is 17.5. The van der Waals surface area contributed by atoms with E-state index in [2.05, 4.69) is 48.3 Å². The summed E-state index contributed by atoms with van der Waals surface area (Å²) in [6, 6.07) is 16.2. The Hall–Kier alpha value is -2.53. The van der Waals surface area contributed by atoms with E-state index in [9.17, 15) is 4.79 Å². The van der Waals surface area contributed by atoms with E-state index in [0.29, 0.717) is 25.3 Å². The number of methoxy groups -OCH3 is 1. The molecular weight excluding hydrogens is 364 g/mol. The van der Waals surface area contributed by atoms with Gasteiger partial charge in [-0.1, -0.05) is 44.2 Å². The molecule has 4 rings (SSSR count). The summed E-state index contributed by atoms with van der Waals surface area (Å²) in [4.78, 5) is 15.2. The first kappa shape index (κ1) is 19.8. The van der Waals surface area contributed by atoms with Crippen molar-refractivity contribution in [2.45, 2.75) is 25.7 Å². The van der Waals surface area contributed by atoms with Gasteiger partial charge in [-0.15, -0.1) is 0 Å². The fraction of sp³-hybridized carbons (Fsp3) is 0.458. The molecule has 0 unspecified atom stereocenters. The average molecular weight is 395 g/mol. The summed E-state index contributed by atoms with van der Waals surface area (Å²) in [5, 5.41) is 3.20. The van der Waals surface area contributed by atoms with Crippen molar-refractivity contribution in [3.8, 4) is 5.75 Å². The van der Waals surface area contributed by atoms with Gasteiger partial charge in [0.05, 0.1) is 26.0 Å². The molecule has 0 radical (unpaired) electrons. The van der Waals surface area contributed by atoms with E-state index in [4.69, 9.17) is 9.47 Å². The first-order valence-electron chi connectivity index (χ1n) is 10.3. The third-order valence-corrected chi connectivity index (χ3v) is 6.58. The zero-order valence-electron chi connectivity index (χ0n) is 17.5. The van der Waals surface area contributed by atoms with E-state index in [0.717, 1.165) is 30.9 Å². The largest absolute Gasteiger partial charge is 0.495 e. The van der Waals surface area contributed by atoms with Gasteiger partial charge in [-0.2, -0.15) is 0 Å².